The summed E-state index contributed by atoms with van der Waals surface area (Å²) < 4.78 is 12.9. The molecule has 0 radical (unpaired) electrons. The van der Waals surface area contributed by atoms with Gasteiger partial charge < -0.3 is 9.47 Å². The maximum absolute atomic E-state index is 11.7. The number of imidazole rings is 1. The molecule has 0 N–H and O–H groups in total. The third-order valence-corrected chi connectivity index (χ3v) is 2.21. The first-order valence-corrected chi connectivity index (χ1v) is 5.42. The van der Waals surface area contributed by atoms with Gasteiger partial charge in [0.05, 0.1) is 27.3 Å². The number of carbonyl (C=O) groups excluding carboxylic acids is 2. The van der Waals surface area contributed by atoms with Crippen LogP contribution in [-0.2, 0) is 23.6 Å². The summed E-state index contributed by atoms with van der Waals surface area (Å²) in [5, 5.41) is 0. The van der Waals surface area contributed by atoms with Crippen LogP contribution in [0.15, 0.2) is 6.33 Å². The van der Waals surface area contributed by atoms with Gasteiger partial charge in [0.1, 0.15) is 0 Å². The predicted molar refractivity (Wildman–Crippen MR) is 58.5 cm³/mol. The molecule has 0 atom stereocenters. The first kappa shape index (κ1) is 13.2. The molecule has 0 aliphatic heterocycles. The Morgan fingerprint density at radius 1 is 1.24 bits per heavy atom. The molecule has 0 saturated carbocycles. The lowest BCUT2D eigenvalue weighted by atomic mass is 10.3. The Morgan fingerprint density at radius 3 is 2.29 bits per heavy atom. The zero-order chi connectivity index (χ0) is 13.0. The van der Waals surface area contributed by atoms with E-state index in [1.165, 1.54) is 0 Å². The Labute approximate surface area is 99.7 Å². The van der Waals surface area contributed by atoms with Crippen molar-refractivity contribution in [2.45, 2.75) is 13.8 Å². The first-order valence-electron chi connectivity index (χ1n) is 5.42. The van der Waals surface area contributed by atoms with Crippen LogP contribution >= 0.6 is 0 Å². The second kappa shape index (κ2) is 5.47. The fourth-order valence-corrected chi connectivity index (χ4v) is 1.59. The van der Waals surface area contributed by atoms with E-state index in [-0.39, 0.29) is 24.6 Å². The number of nitrogens with zero attached hydrogens (tertiary/aromatic N) is 2. The van der Waals surface area contributed by atoms with Gasteiger partial charge in [-0.15, -0.1) is 0 Å². The highest BCUT2D eigenvalue weighted by atomic mass is 16.5. The van der Waals surface area contributed by atoms with Gasteiger partial charge in [-0.25, -0.2) is 18.7 Å². The minimum atomic E-state index is -0.529. The molecule has 0 spiro atoms. The summed E-state index contributed by atoms with van der Waals surface area (Å²) in [6.07, 6.45) is 1.62. The van der Waals surface area contributed by atoms with E-state index in [9.17, 15) is 9.59 Å². The number of esters is 2. The molecular weight excluding hydrogens is 224 g/mol. The first-order chi connectivity index (χ1) is 8.02. The molecule has 1 aromatic rings. The second-order valence-corrected chi connectivity index (χ2v) is 3.48. The van der Waals surface area contributed by atoms with Gasteiger partial charge in [-0.05, 0) is 13.8 Å². The molecule has 6 heteroatoms. The number of rotatable bonds is 4. The normalized spacial score (nSPS) is 10.1. The zero-order valence-electron chi connectivity index (χ0n) is 10.5. The Morgan fingerprint density at radius 2 is 1.76 bits per heavy atom. The van der Waals surface area contributed by atoms with Gasteiger partial charge >= 0.3 is 11.9 Å². The zero-order valence-corrected chi connectivity index (χ0v) is 10.5. The molecule has 1 aromatic heterocycles. The van der Waals surface area contributed by atoms with E-state index in [2.05, 4.69) is 0 Å². The van der Waals surface area contributed by atoms with Crippen molar-refractivity contribution in [3.63, 3.8) is 0 Å². The Hall–Kier alpha value is -1.85. The quantitative estimate of drug-likeness (QED) is 0.558. The average molecular weight is 241 g/mol. The van der Waals surface area contributed by atoms with Crippen molar-refractivity contribution in [2.75, 3.05) is 13.2 Å². The molecule has 6 nitrogen and oxygen atoms in total. The summed E-state index contributed by atoms with van der Waals surface area (Å²) in [5.74, 6) is -1.06. The summed E-state index contributed by atoms with van der Waals surface area (Å²) in [5.41, 5.74) is 0.403. The van der Waals surface area contributed by atoms with Crippen LogP contribution in [0.4, 0.5) is 0 Å². The standard InChI is InChI=1S/C11H17N2O4/c1-5-16-10(14)8-9(11(15)17-6-2)13(4)7-12(8)3/h7H,5-6H2,1-4H3/q+1. The third-order valence-electron chi connectivity index (χ3n) is 2.21. The van der Waals surface area contributed by atoms with Crippen LogP contribution in [0.25, 0.3) is 0 Å². The molecule has 94 valence electrons. The molecule has 0 amide bonds. The molecule has 1 rings (SSSR count). The van der Waals surface area contributed by atoms with E-state index in [4.69, 9.17) is 9.47 Å². The number of aryl methyl sites for hydroxylation is 2. The van der Waals surface area contributed by atoms with Gasteiger partial charge in [-0.3, -0.25) is 0 Å². The van der Waals surface area contributed by atoms with Crippen molar-refractivity contribution in [3.05, 3.63) is 17.7 Å². The molecule has 0 aliphatic rings. The highest BCUT2D eigenvalue weighted by molar-refractivity contribution is 5.99. The summed E-state index contributed by atoms with van der Waals surface area (Å²) in [6, 6.07) is 0. The minimum absolute atomic E-state index is 0.202. The number of ether oxygens (including phenoxy) is 2. The smallest absolute Gasteiger partial charge is 0.383 e. The van der Waals surface area contributed by atoms with Crippen LogP contribution in [0, 0.1) is 0 Å². The lowest BCUT2D eigenvalue weighted by Gasteiger charge is -2.01. The minimum Gasteiger partial charge on any atom is -0.460 e. The average Bonchev–Trinajstić information content (AvgIpc) is 2.54. The predicted octanol–water partition coefficient (Wildman–Crippen LogP) is 0.203. The van der Waals surface area contributed by atoms with Crippen LogP contribution in [0.1, 0.15) is 34.8 Å². The summed E-state index contributed by atoms with van der Waals surface area (Å²) in [4.78, 5) is 23.5. The molecule has 0 aliphatic carbocycles. The summed E-state index contributed by atoms with van der Waals surface area (Å²) in [7, 11) is 3.35. The maximum Gasteiger partial charge on any atom is 0.383 e. The van der Waals surface area contributed by atoms with Crippen molar-refractivity contribution < 1.29 is 23.6 Å². The van der Waals surface area contributed by atoms with E-state index in [0.29, 0.717) is 0 Å². The van der Waals surface area contributed by atoms with Crippen molar-refractivity contribution in [2.24, 2.45) is 14.1 Å². The number of aromatic nitrogens is 2. The molecule has 0 bridgehead atoms. The van der Waals surface area contributed by atoms with Gasteiger partial charge in [-0.2, -0.15) is 0 Å². The molecule has 0 saturated heterocycles. The maximum atomic E-state index is 11.7. The van der Waals surface area contributed by atoms with Crippen LogP contribution in [0.5, 0.6) is 0 Å². The van der Waals surface area contributed by atoms with Crippen LogP contribution in [0.3, 0.4) is 0 Å². The topological polar surface area (TPSA) is 61.4 Å². The summed E-state index contributed by atoms with van der Waals surface area (Å²) >= 11 is 0. The SMILES string of the molecule is CCOC(=O)c1c(C(=O)OCC)[n+](C)cn1C. The lowest BCUT2D eigenvalue weighted by molar-refractivity contribution is -0.673. The summed E-state index contributed by atoms with van der Waals surface area (Å²) in [6.45, 7) is 3.95. The van der Waals surface area contributed by atoms with Crippen LogP contribution in [-0.4, -0.2) is 29.7 Å². The van der Waals surface area contributed by atoms with E-state index < -0.39 is 11.9 Å². The Balaban J connectivity index is 3.19. The molecule has 0 aromatic carbocycles. The van der Waals surface area contributed by atoms with E-state index in [1.54, 1.807) is 43.4 Å². The number of hydrogen-bond acceptors (Lipinski definition) is 4. The van der Waals surface area contributed by atoms with Crippen molar-refractivity contribution >= 4 is 11.9 Å². The van der Waals surface area contributed by atoms with E-state index >= 15 is 0 Å². The molecular formula is C11H17N2O4+. The second-order valence-electron chi connectivity index (χ2n) is 3.48. The van der Waals surface area contributed by atoms with Gasteiger partial charge in [-0.1, -0.05) is 0 Å². The van der Waals surface area contributed by atoms with Crippen molar-refractivity contribution in [1.29, 1.82) is 0 Å². The monoisotopic (exact) mass is 241 g/mol. The largest absolute Gasteiger partial charge is 0.460 e. The molecule has 17 heavy (non-hydrogen) atoms. The van der Waals surface area contributed by atoms with Crippen molar-refractivity contribution in [3.8, 4) is 0 Å². The van der Waals surface area contributed by atoms with Gasteiger partial charge in [0.15, 0.2) is 0 Å². The molecule has 0 unspecified atom stereocenters. The Bertz CT molecular complexity index is 398. The van der Waals surface area contributed by atoms with Crippen LogP contribution in [0.2, 0.25) is 0 Å². The third kappa shape index (κ3) is 2.64. The fraction of sp³-hybridized carbons (Fsp3) is 0.545. The fourth-order valence-electron chi connectivity index (χ4n) is 1.59. The van der Waals surface area contributed by atoms with E-state index in [0.717, 1.165) is 0 Å². The van der Waals surface area contributed by atoms with Crippen molar-refractivity contribution in [1.82, 2.24) is 4.57 Å². The van der Waals surface area contributed by atoms with E-state index in [1.807, 2.05) is 0 Å². The highest BCUT2D eigenvalue weighted by Gasteiger charge is 2.33. The number of carbonyl (C=O) groups is 2. The molecule has 0 fully saturated rings. The number of hydrogen-bond donors (Lipinski definition) is 0. The van der Waals surface area contributed by atoms with Crippen LogP contribution < -0.4 is 4.57 Å². The van der Waals surface area contributed by atoms with Gasteiger partial charge in [0.2, 0.25) is 6.33 Å². The Kier molecular flexibility index (Phi) is 4.25. The highest BCUT2D eigenvalue weighted by Crippen LogP contribution is 2.08. The lowest BCUT2D eigenvalue weighted by Crippen LogP contribution is -2.35. The molecule has 1 heterocycles. The van der Waals surface area contributed by atoms with Gasteiger partial charge in [0, 0.05) is 0 Å². The van der Waals surface area contributed by atoms with Gasteiger partial charge in [0.25, 0.3) is 11.4 Å².